The minimum atomic E-state index is -0.503. The number of benzene rings is 3. The van der Waals surface area contributed by atoms with Crippen LogP contribution in [0.5, 0.6) is 0 Å². The summed E-state index contributed by atoms with van der Waals surface area (Å²) in [6.45, 7) is 0. The van der Waals surface area contributed by atoms with Crippen LogP contribution in [-0.2, 0) is 5.41 Å². The standard InChI is InChI=1S/C21H14Cl3NO/c22-15-5-1-13(2-6-15)21(14-3-7-16(23)8-4-14)12-20(25-26)18-11-17(24)9-10-19(18)21/h1-11,26H,12H2/b25-20-. The fraction of sp³-hybridized carbons (Fsp3) is 0.0952. The van der Waals surface area contributed by atoms with Gasteiger partial charge in [-0.15, -0.1) is 0 Å². The molecule has 3 aromatic carbocycles. The number of hydrogen-bond donors (Lipinski definition) is 1. The largest absolute Gasteiger partial charge is 0.411 e. The number of nitrogens with zero attached hydrogens (tertiary/aromatic N) is 1. The highest BCUT2D eigenvalue weighted by Crippen LogP contribution is 2.50. The van der Waals surface area contributed by atoms with Crippen molar-refractivity contribution in [3.8, 4) is 0 Å². The minimum absolute atomic E-state index is 0.503. The van der Waals surface area contributed by atoms with Crippen molar-refractivity contribution in [2.45, 2.75) is 11.8 Å². The van der Waals surface area contributed by atoms with Crippen LogP contribution in [0, 0.1) is 0 Å². The number of hydrogen-bond acceptors (Lipinski definition) is 2. The minimum Gasteiger partial charge on any atom is -0.411 e. The zero-order chi connectivity index (χ0) is 18.3. The highest BCUT2D eigenvalue weighted by Gasteiger charge is 2.45. The summed E-state index contributed by atoms with van der Waals surface area (Å²) in [5.74, 6) is 0. The second-order valence-corrected chi connectivity index (χ2v) is 7.64. The van der Waals surface area contributed by atoms with Crippen molar-refractivity contribution >= 4 is 40.5 Å². The Kier molecular flexibility index (Phi) is 4.44. The van der Waals surface area contributed by atoms with Crippen molar-refractivity contribution in [3.05, 3.63) is 104 Å². The average molecular weight is 403 g/mol. The Morgan fingerprint density at radius 1 is 0.731 bits per heavy atom. The fourth-order valence-electron chi connectivity index (χ4n) is 3.81. The third kappa shape index (κ3) is 2.69. The van der Waals surface area contributed by atoms with Gasteiger partial charge in [0.05, 0.1) is 11.1 Å². The second kappa shape index (κ2) is 6.62. The van der Waals surface area contributed by atoms with Crippen LogP contribution in [0.2, 0.25) is 15.1 Å². The maximum Gasteiger partial charge on any atom is 0.0887 e. The SMILES string of the molecule is O/N=C1/CC(c2ccc(Cl)cc2)(c2ccc(Cl)cc2)c2ccc(Cl)cc21. The first-order valence-corrected chi connectivity index (χ1v) is 9.21. The van der Waals surface area contributed by atoms with E-state index in [0.29, 0.717) is 27.2 Å². The zero-order valence-electron chi connectivity index (χ0n) is 13.6. The molecule has 3 aromatic rings. The van der Waals surface area contributed by atoms with E-state index >= 15 is 0 Å². The van der Waals surface area contributed by atoms with Crippen LogP contribution in [0.4, 0.5) is 0 Å². The van der Waals surface area contributed by atoms with Crippen LogP contribution < -0.4 is 0 Å². The topological polar surface area (TPSA) is 32.6 Å². The molecule has 0 amide bonds. The van der Waals surface area contributed by atoms with E-state index in [-0.39, 0.29) is 0 Å². The van der Waals surface area contributed by atoms with Crippen molar-refractivity contribution in [2.75, 3.05) is 0 Å². The molecule has 0 bridgehead atoms. The third-order valence-electron chi connectivity index (χ3n) is 4.98. The van der Waals surface area contributed by atoms with E-state index in [1.54, 1.807) is 0 Å². The number of rotatable bonds is 2. The molecular formula is C21H14Cl3NO. The van der Waals surface area contributed by atoms with Crippen molar-refractivity contribution in [2.24, 2.45) is 5.16 Å². The van der Waals surface area contributed by atoms with E-state index in [0.717, 1.165) is 22.3 Å². The van der Waals surface area contributed by atoms with Gasteiger partial charge in [0.25, 0.3) is 0 Å². The summed E-state index contributed by atoms with van der Waals surface area (Å²) >= 11 is 18.4. The third-order valence-corrected chi connectivity index (χ3v) is 5.72. The van der Waals surface area contributed by atoms with Gasteiger partial charge in [-0.3, -0.25) is 0 Å². The summed E-state index contributed by atoms with van der Waals surface area (Å²) in [6.07, 6.45) is 0.516. The monoisotopic (exact) mass is 401 g/mol. The lowest BCUT2D eigenvalue weighted by Crippen LogP contribution is -2.27. The summed E-state index contributed by atoms with van der Waals surface area (Å²) in [4.78, 5) is 0. The van der Waals surface area contributed by atoms with Crippen LogP contribution in [-0.4, -0.2) is 10.9 Å². The molecule has 5 heteroatoms. The predicted octanol–water partition coefficient (Wildman–Crippen LogP) is 6.56. The number of halogens is 3. The van der Waals surface area contributed by atoms with Gasteiger partial charge in [0.15, 0.2) is 0 Å². The molecule has 0 fully saturated rings. The summed E-state index contributed by atoms with van der Waals surface area (Å²) in [5.41, 5.74) is 4.12. The molecule has 1 aliphatic rings. The first-order chi connectivity index (χ1) is 12.5. The quantitative estimate of drug-likeness (QED) is 0.382. The molecule has 1 aliphatic carbocycles. The van der Waals surface area contributed by atoms with Gasteiger partial charge in [0.2, 0.25) is 0 Å². The molecular weight excluding hydrogens is 389 g/mol. The normalized spacial score (nSPS) is 16.7. The van der Waals surface area contributed by atoms with Gasteiger partial charge in [-0.2, -0.15) is 0 Å². The fourth-order valence-corrected chi connectivity index (χ4v) is 4.23. The Bertz CT molecular complexity index is 949. The molecule has 0 heterocycles. The van der Waals surface area contributed by atoms with Gasteiger partial charge in [0, 0.05) is 27.1 Å². The molecule has 0 radical (unpaired) electrons. The predicted molar refractivity (Wildman–Crippen MR) is 107 cm³/mol. The maximum atomic E-state index is 9.62. The van der Waals surface area contributed by atoms with Crippen LogP contribution in [0.25, 0.3) is 0 Å². The maximum absolute atomic E-state index is 9.62. The zero-order valence-corrected chi connectivity index (χ0v) is 15.9. The molecule has 0 spiro atoms. The average Bonchev–Trinajstić information content (AvgIpc) is 2.97. The van der Waals surface area contributed by atoms with Crippen molar-refractivity contribution in [3.63, 3.8) is 0 Å². The first kappa shape index (κ1) is 17.4. The Balaban J connectivity index is 2.05. The van der Waals surface area contributed by atoms with Gasteiger partial charge >= 0.3 is 0 Å². The van der Waals surface area contributed by atoms with Gasteiger partial charge < -0.3 is 5.21 Å². The second-order valence-electron chi connectivity index (χ2n) is 6.33. The lowest BCUT2D eigenvalue weighted by Gasteiger charge is -2.32. The van der Waals surface area contributed by atoms with Crippen molar-refractivity contribution in [1.29, 1.82) is 0 Å². The Morgan fingerprint density at radius 3 is 1.73 bits per heavy atom. The molecule has 130 valence electrons. The first-order valence-electron chi connectivity index (χ1n) is 8.08. The summed E-state index contributed by atoms with van der Waals surface area (Å²) in [7, 11) is 0. The molecule has 0 unspecified atom stereocenters. The van der Waals surface area contributed by atoms with Gasteiger partial charge in [0.1, 0.15) is 0 Å². The molecule has 0 atom stereocenters. The van der Waals surface area contributed by atoms with Gasteiger partial charge in [-0.25, -0.2) is 0 Å². The Morgan fingerprint density at radius 2 is 1.23 bits per heavy atom. The van der Waals surface area contributed by atoms with Crippen molar-refractivity contribution in [1.82, 2.24) is 0 Å². The lowest BCUT2D eigenvalue weighted by atomic mass is 9.70. The van der Waals surface area contributed by atoms with Crippen LogP contribution in [0.15, 0.2) is 71.9 Å². The smallest absolute Gasteiger partial charge is 0.0887 e. The van der Waals surface area contributed by atoms with E-state index in [1.165, 1.54) is 0 Å². The van der Waals surface area contributed by atoms with Crippen molar-refractivity contribution < 1.29 is 5.21 Å². The molecule has 0 aromatic heterocycles. The van der Waals surface area contributed by atoms with Gasteiger partial charge in [-0.05, 0) is 53.1 Å². The summed E-state index contributed by atoms with van der Waals surface area (Å²) in [5, 5.41) is 15.1. The van der Waals surface area contributed by atoms with E-state index in [1.807, 2.05) is 66.7 Å². The van der Waals surface area contributed by atoms with Crippen LogP contribution in [0.1, 0.15) is 28.7 Å². The van der Waals surface area contributed by atoms with E-state index in [2.05, 4.69) is 5.16 Å². The molecule has 0 saturated heterocycles. The molecule has 4 rings (SSSR count). The molecule has 26 heavy (non-hydrogen) atoms. The molecule has 2 nitrogen and oxygen atoms in total. The van der Waals surface area contributed by atoms with E-state index in [9.17, 15) is 5.21 Å². The highest BCUT2D eigenvalue weighted by molar-refractivity contribution is 6.31. The molecule has 0 saturated carbocycles. The van der Waals surface area contributed by atoms with E-state index in [4.69, 9.17) is 34.8 Å². The van der Waals surface area contributed by atoms with E-state index < -0.39 is 5.41 Å². The number of oxime groups is 1. The summed E-state index contributed by atoms with van der Waals surface area (Å²) < 4.78 is 0. The lowest BCUT2D eigenvalue weighted by molar-refractivity contribution is 0.318. The van der Waals surface area contributed by atoms with Crippen LogP contribution in [0.3, 0.4) is 0 Å². The summed E-state index contributed by atoms with van der Waals surface area (Å²) in [6, 6.07) is 21.2. The number of fused-ring (bicyclic) bond motifs is 1. The van der Waals surface area contributed by atoms with Gasteiger partial charge in [-0.1, -0.05) is 70.3 Å². The highest BCUT2D eigenvalue weighted by atomic mass is 35.5. The Labute approximate surface area is 166 Å². The Hall–Kier alpha value is -2.00. The molecule has 1 N–H and O–H groups in total. The van der Waals surface area contributed by atoms with Crippen LogP contribution >= 0.6 is 34.8 Å². The molecule has 0 aliphatic heterocycles.